The number of nitrogens with zero attached hydrogens (tertiary/aromatic N) is 2. The van der Waals surface area contributed by atoms with Crippen LogP contribution in [0.2, 0.25) is 0 Å². The van der Waals surface area contributed by atoms with Crippen molar-refractivity contribution in [1.82, 2.24) is 14.7 Å². The third kappa shape index (κ3) is 3.89. The van der Waals surface area contributed by atoms with Gasteiger partial charge in [-0.2, -0.15) is 0 Å². The van der Waals surface area contributed by atoms with Crippen molar-refractivity contribution in [2.24, 2.45) is 0 Å². The van der Waals surface area contributed by atoms with Crippen LogP contribution in [0.3, 0.4) is 0 Å². The molecular weight excluding hydrogens is 417 g/mol. The van der Waals surface area contributed by atoms with E-state index in [1.54, 1.807) is 18.2 Å². The molecule has 1 N–H and O–H groups in total. The minimum absolute atomic E-state index is 0.185. The fourth-order valence-electron chi connectivity index (χ4n) is 3.33. The third-order valence-corrected chi connectivity index (χ3v) is 6.20. The number of nitrogens with one attached hydrogen (secondary N) is 1. The Bertz CT molecular complexity index is 1310. The molecule has 4 aromatic rings. The molecule has 1 amide bonds. The van der Waals surface area contributed by atoms with Crippen molar-refractivity contribution < 1.29 is 18.7 Å². The number of hydrogen-bond donors (Lipinski definition) is 1. The van der Waals surface area contributed by atoms with Crippen LogP contribution in [0.15, 0.2) is 54.7 Å². The van der Waals surface area contributed by atoms with Gasteiger partial charge in [0, 0.05) is 28.4 Å². The number of imidazole rings is 1. The van der Waals surface area contributed by atoms with Gasteiger partial charge in [-0.15, -0.1) is 0 Å². The zero-order valence-corrected chi connectivity index (χ0v) is 17.4. The molecule has 8 heteroatoms. The monoisotopic (exact) mass is 435 g/mol. The van der Waals surface area contributed by atoms with E-state index >= 15 is 0 Å². The van der Waals surface area contributed by atoms with Crippen molar-refractivity contribution in [3.63, 3.8) is 0 Å². The highest BCUT2D eigenvalue weighted by atomic mass is 32.1. The van der Waals surface area contributed by atoms with Gasteiger partial charge in [0.05, 0.1) is 12.2 Å². The van der Waals surface area contributed by atoms with Crippen molar-refractivity contribution in [2.45, 2.75) is 13.5 Å². The zero-order chi connectivity index (χ0) is 21.4. The number of benzene rings is 2. The van der Waals surface area contributed by atoms with Crippen LogP contribution in [0.4, 0.5) is 4.39 Å². The first-order chi connectivity index (χ1) is 15.1. The van der Waals surface area contributed by atoms with Crippen molar-refractivity contribution >= 4 is 28.3 Å². The van der Waals surface area contributed by atoms with E-state index in [-0.39, 0.29) is 18.5 Å². The van der Waals surface area contributed by atoms with Crippen molar-refractivity contribution in [3.05, 3.63) is 76.7 Å². The lowest BCUT2D eigenvalue weighted by Gasteiger charge is -2.02. The molecule has 0 bridgehead atoms. The van der Waals surface area contributed by atoms with Gasteiger partial charge in [-0.05, 0) is 55.0 Å². The summed E-state index contributed by atoms with van der Waals surface area (Å²) in [5, 5.41) is 2.91. The summed E-state index contributed by atoms with van der Waals surface area (Å²) in [4.78, 5) is 18.7. The Hall–Kier alpha value is -3.65. The summed E-state index contributed by atoms with van der Waals surface area (Å²) in [6.07, 6.45) is 5.16. The molecule has 0 atom stereocenters. The molecule has 1 aliphatic rings. The Morgan fingerprint density at radius 2 is 2.03 bits per heavy atom. The molecule has 2 aromatic heterocycles. The van der Waals surface area contributed by atoms with Crippen molar-refractivity contribution in [2.75, 3.05) is 6.79 Å². The number of aromatic nitrogens is 2. The van der Waals surface area contributed by atoms with E-state index in [0.29, 0.717) is 18.0 Å². The molecular formula is C23H18FN3O3S. The molecule has 5 rings (SSSR count). The van der Waals surface area contributed by atoms with E-state index in [1.165, 1.54) is 29.5 Å². The number of thiazole rings is 1. The molecule has 2 aromatic carbocycles. The van der Waals surface area contributed by atoms with E-state index in [1.807, 2.05) is 35.7 Å². The van der Waals surface area contributed by atoms with E-state index in [2.05, 4.69) is 10.3 Å². The maximum Gasteiger partial charge on any atom is 0.244 e. The van der Waals surface area contributed by atoms with Gasteiger partial charge in [0.25, 0.3) is 0 Å². The number of hydrogen-bond acceptors (Lipinski definition) is 5. The lowest BCUT2D eigenvalue weighted by molar-refractivity contribution is -0.116. The van der Waals surface area contributed by atoms with Crippen molar-refractivity contribution in [1.29, 1.82) is 0 Å². The standard InChI is InChI=1S/C23H18FN3O3S/c1-14-21(31-23-26-18(12-27(14)23)16-4-6-17(24)7-5-16)11-25-22(28)9-3-15-2-8-19-20(10-15)30-13-29-19/h2-10,12H,11,13H2,1H3,(H,25,28). The lowest BCUT2D eigenvalue weighted by atomic mass is 10.2. The molecule has 0 saturated carbocycles. The van der Waals surface area contributed by atoms with E-state index in [0.717, 1.165) is 32.4 Å². The second kappa shape index (κ2) is 7.88. The number of amides is 1. The summed E-state index contributed by atoms with van der Waals surface area (Å²) < 4.78 is 25.8. The molecule has 0 unspecified atom stereocenters. The maximum absolute atomic E-state index is 13.1. The highest BCUT2D eigenvalue weighted by Gasteiger charge is 2.14. The topological polar surface area (TPSA) is 64.9 Å². The fourth-order valence-corrected chi connectivity index (χ4v) is 4.38. The molecule has 3 heterocycles. The first-order valence-electron chi connectivity index (χ1n) is 9.66. The second-order valence-electron chi connectivity index (χ2n) is 7.06. The summed E-state index contributed by atoms with van der Waals surface area (Å²) >= 11 is 1.52. The van der Waals surface area contributed by atoms with Crippen LogP contribution in [-0.2, 0) is 11.3 Å². The van der Waals surface area contributed by atoms with Gasteiger partial charge in [0.2, 0.25) is 12.7 Å². The predicted octanol–water partition coefficient (Wildman–Crippen LogP) is 4.57. The van der Waals surface area contributed by atoms with Gasteiger partial charge in [-0.25, -0.2) is 9.37 Å². The SMILES string of the molecule is Cc1c(CNC(=O)C=Cc2ccc3c(c2)OCO3)sc2nc(-c3ccc(F)cc3)cn12. The number of carbonyl (C=O) groups excluding carboxylic acids is 1. The Balaban J connectivity index is 1.25. The highest BCUT2D eigenvalue weighted by molar-refractivity contribution is 7.17. The van der Waals surface area contributed by atoms with Crippen LogP contribution in [0.1, 0.15) is 16.1 Å². The van der Waals surface area contributed by atoms with Crippen LogP contribution >= 0.6 is 11.3 Å². The number of rotatable bonds is 5. The minimum Gasteiger partial charge on any atom is -0.454 e. The van der Waals surface area contributed by atoms with Crippen LogP contribution in [0.25, 0.3) is 22.3 Å². The second-order valence-corrected chi connectivity index (χ2v) is 8.12. The number of halogens is 1. The summed E-state index contributed by atoms with van der Waals surface area (Å²) in [6, 6.07) is 11.8. The van der Waals surface area contributed by atoms with Crippen LogP contribution in [-0.4, -0.2) is 22.1 Å². The Morgan fingerprint density at radius 1 is 1.23 bits per heavy atom. The predicted molar refractivity (Wildman–Crippen MR) is 117 cm³/mol. The van der Waals surface area contributed by atoms with Crippen LogP contribution in [0.5, 0.6) is 11.5 Å². The zero-order valence-electron chi connectivity index (χ0n) is 16.6. The molecule has 31 heavy (non-hydrogen) atoms. The van der Waals surface area contributed by atoms with Crippen LogP contribution < -0.4 is 14.8 Å². The molecule has 0 spiro atoms. The van der Waals surface area contributed by atoms with E-state index in [4.69, 9.17) is 9.47 Å². The van der Waals surface area contributed by atoms with Gasteiger partial charge >= 0.3 is 0 Å². The van der Waals surface area contributed by atoms with Gasteiger partial charge in [-0.3, -0.25) is 9.20 Å². The quantitative estimate of drug-likeness (QED) is 0.467. The van der Waals surface area contributed by atoms with Gasteiger partial charge < -0.3 is 14.8 Å². The summed E-state index contributed by atoms with van der Waals surface area (Å²) in [7, 11) is 0. The molecule has 156 valence electrons. The van der Waals surface area contributed by atoms with Crippen LogP contribution in [0, 0.1) is 12.7 Å². The Morgan fingerprint density at radius 3 is 2.84 bits per heavy atom. The van der Waals surface area contributed by atoms with E-state index < -0.39 is 0 Å². The first kappa shape index (κ1) is 19.3. The molecule has 0 saturated heterocycles. The number of fused-ring (bicyclic) bond motifs is 2. The smallest absolute Gasteiger partial charge is 0.244 e. The van der Waals surface area contributed by atoms with Gasteiger partial charge in [0.15, 0.2) is 16.5 Å². The maximum atomic E-state index is 13.1. The van der Waals surface area contributed by atoms with Gasteiger partial charge in [-0.1, -0.05) is 17.4 Å². The summed E-state index contributed by atoms with van der Waals surface area (Å²) in [6.45, 7) is 2.62. The van der Waals surface area contributed by atoms with E-state index in [9.17, 15) is 9.18 Å². The highest BCUT2D eigenvalue weighted by Crippen LogP contribution is 2.32. The molecule has 1 aliphatic heterocycles. The normalized spacial score (nSPS) is 12.7. The first-order valence-corrected chi connectivity index (χ1v) is 10.5. The summed E-state index contributed by atoms with van der Waals surface area (Å²) in [5.74, 6) is 0.934. The molecule has 6 nitrogen and oxygen atoms in total. The number of carbonyl (C=O) groups is 1. The van der Waals surface area contributed by atoms with Crippen molar-refractivity contribution in [3.8, 4) is 22.8 Å². The molecule has 0 radical (unpaired) electrons. The fraction of sp³-hybridized carbons (Fsp3) is 0.130. The molecule has 0 fully saturated rings. The number of ether oxygens (including phenoxy) is 2. The Labute approximate surface area is 181 Å². The Kier molecular flexibility index (Phi) is 4.91. The summed E-state index contributed by atoms with van der Waals surface area (Å²) in [5.41, 5.74) is 3.52. The van der Waals surface area contributed by atoms with Gasteiger partial charge in [0.1, 0.15) is 5.82 Å². The average Bonchev–Trinajstić information content (AvgIpc) is 3.47. The minimum atomic E-state index is -0.272. The average molecular weight is 435 g/mol. The number of aryl methyl sites for hydroxylation is 1. The lowest BCUT2D eigenvalue weighted by Crippen LogP contribution is -2.20. The molecule has 0 aliphatic carbocycles. The third-order valence-electron chi connectivity index (χ3n) is 5.04. The largest absolute Gasteiger partial charge is 0.454 e.